The second-order valence-electron chi connectivity index (χ2n) is 5.35. The Kier molecular flexibility index (Phi) is 5.53. The summed E-state index contributed by atoms with van der Waals surface area (Å²) in [5, 5.41) is 3.52. The molecule has 112 valence electrons. The van der Waals surface area contributed by atoms with Crippen molar-refractivity contribution in [1.82, 2.24) is 5.32 Å². The van der Waals surface area contributed by atoms with E-state index in [4.69, 9.17) is 14.2 Å². The summed E-state index contributed by atoms with van der Waals surface area (Å²) in [7, 11) is 3.29. The molecule has 0 aliphatic heterocycles. The van der Waals surface area contributed by atoms with Crippen molar-refractivity contribution in [3.8, 4) is 17.2 Å². The molecule has 1 fully saturated rings. The van der Waals surface area contributed by atoms with Gasteiger partial charge >= 0.3 is 0 Å². The number of nitrogens with one attached hydrogen (secondary N) is 1. The van der Waals surface area contributed by atoms with Crippen LogP contribution in [0.1, 0.15) is 32.6 Å². The maximum atomic E-state index is 5.93. The van der Waals surface area contributed by atoms with Gasteiger partial charge in [-0.15, -0.1) is 0 Å². The van der Waals surface area contributed by atoms with Crippen molar-refractivity contribution in [2.24, 2.45) is 0 Å². The Bertz CT molecular complexity index is 396. The van der Waals surface area contributed by atoms with Gasteiger partial charge in [0.1, 0.15) is 17.2 Å². The summed E-state index contributed by atoms with van der Waals surface area (Å²) in [4.78, 5) is 0. The van der Waals surface area contributed by atoms with Crippen LogP contribution in [0.5, 0.6) is 17.2 Å². The third-order valence-corrected chi connectivity index (χ3v) is 3.46. The Labute approximate surface area is 121 Å². The molecular weight excluding hydrogens is 254 g/mol. The van der Waals surface area contributed by atoms with Gasteiger partial charge in [-0.25, -0.2) is 0 Å². The summed E-state index contributed by atoms with van der Waals surface area (Å²) in [5.74, 6) is 2.30. The Morgan fingerprint density at radius 1 is 1.10 bits per heavy atom. The summed E-state index contributed by atoms with van der Waals surface area (Å²) in [6.07, 6.45) is 5.05. The zero-order valence-electron chi connectivity index (χ0n) is 12.6. The van der Waals surface area contributed by atoms with Gasteiger partial charge in [-0.1, -0.05) is 0 Å². The van der Waals surface area contributed by atoms with Crippen LogP contribution < -0.4 is 19.5 Å². The molecule has 1 saturated carbocycles. The van der Waals surface area contributed by atoms with Crippen LogP contribution in [0.15, 0.2) is 18.2 Å². The van der Waals surface area contributed by atoms with Crippen LogP contribution in [0.3, 0.4) is 0 Å². The van der Waals surface area contributed by atoms with Gasteiger partial charge in [0.2, 0.25) is 0 Å². The van der Waals surface area contributed by atoms with Gasteiger partial charge in [0.15, 0.2) is 0 Å². The van der Waals surface area contributed by atoms with Gasteiger partial charge in [0, 0.05) is 24.2 Å². The predicted molar refractivity (Wildman–Crippen MR) is 79.9 cm³/mol. The summed E-state index contributed by atoms with van der Waals surface area (Å²) >= 11 is 0. The van der Waals surface area contributed by atoms with Crippen LogP contribution in [0.4, 0.5) is 0 Å². The molecule has 20 heavy (non-hydrogen) atoms. The quantitative estimate of drug-likeness (QED) is 0.705. The monoisotopic (exact) mass is 279 g/mol. The molecule has 4 nitrogen and oxygen atoms in total. The van der Waals surface area contributed by atoms with E-state index in [1.165, 1.54) is 12.8 Å². The number of hydrogen-bond donors (Lipinski definition) is 1. The van der Waals surface area contributed by atoms with Crippen molar-refractivity contribution in [3.63, 3.8) is 0 Å². The lowest BCUT2D eigenvalue weighted by Crippen LogP contribution is -2.20. The summed E-state index contributed by atoms with van der Waals surface area (Å²) in [5.41, 5.74) is 0. The molecule has 0 saturated heterocycles. The Balaban J connectivity index is 1.77. The first-order valence-electron chi connectivity index (χ1n) is 7.34. The number of benzene rings is 1. The fourth-order valence-corrected chi connectivity index (χ4v) is 2.12. The minimum atomic E-state index is 0.188. The highest BCUT2D eigenvalue weighted by Gasteiger charge is 2.19. The van der Waals surface area contributed by atoms with E-state index in [0.717, 1.165) is 42.7 Å². The highest BCUT2D eigenvalue weighted by molar-refractivity contribution is 5.42. The van der Waals surface area contributed by atoms with Crippen LogP contribution >= 0.6 is 0 Å². The summed E-state index contributed by atoms with van der Waals surface area (Å²) < 4.78 is 16.4. The van der Waals surface area contributed by atoms with Crippen molar-refractivity contribution < 1.29 is 14.2 Å². The summed E-state index contributed by atoms with van der Waals surface area (Å²) in [6.45, 7) is 3.18. The average molecular weight is 279 g/mol. The normalized spacial score (nSPS) is 15.8. The molecule has 0 radical (unpaired) electrons. The number of hydrogen-bond acceptors (Lipinski definition) is 4. The molecule has 1 aliphatic carbocycles. The molecule has 2 rings (SSSR count). The Morgan fingerprint density at radius 2 is 1.70 bits per heavy atom. The molecule has 0 heterocycles. The fourth-order valence-electron chi connectivity index (χ4n) is 2.12. The third-order valence-electron chi connectivity index (χ3n) is 3.46. The van der Waals surface area contributed by atoms with Gasteiger partial charge in [0.05, 0.1) is 20.3 Å². The molecule has 0 aromatic heterocycles. The van der Waals surface area contributed by atoms with E-state index in [2.05, 4.69) is 12.2 Å². The molecule has 0 spiro atoms. The maximum Gasteiger partial charge on any atom is 0.127 e. The number of rotatable bonds is 9. The van der Waals surface area contributed by atoms with Crippen molar-refractivity contribution in [3.05, 3.63) is 18.2 Å². The molecule has 0 amide bonds. The van der Waals surface area contributed by atoms with E-state index >= 15 is 0 Å². The van der Waals surface area contributed by atoms with Crippen molar-refractivity contribution in [1.29, 1.82) is 0 Å². The second-order valence-corrected chi connectivity index (χ2v) is 5.35. The lowest BCUT2D eigenvalue weighted by molar-refractivity contribution is 0.205. The minimum Gasteiger partial charge on any atom is -0.496 e. The summed E-state index contributed by atoms with van der Waals surface area (Å²) in [6, 6.07) is 6.41. The fraction of sp³-hybridized carbons (Fsp3) is 0.625. The minimum absolute atomic E-state index is 0.188. The lowest BCUT2D eigenvalue weighted by atomic mass is 10.2. The van der Waals surface area contributed by atoms with Gasteiger partial charge in [-0.2, -0.15) is 0 Å². The largest absolute Gasteiger partial charge is 0.496 e. The molecule has 1 atom stereocenters. The first-order valence-corrected chi connectivity index (χ1v) is 7.34. The topological polar surface area (TPSA) is 39.7 Å². The maximum absolute atomic E-state index is 5.93. The van der Waals surface area contributed by atoms with E-state index in [-0.39, 0.29) is 6.10 Å². The smallest absolute Gasteiger partial charge is 0.127 e. The lowest BCUT2D eigenvalue weighted by Gasteiger charge is -2.16. The van der Waals surface area contributed by atoms with E-state index in [1.54, 1.807) is 14.2 Å². The van der Waals surface area contributed by atoms with Gasteiger partial charge in [-0.05, 0) is 39.2 Å². The SMILES string of the molecule is COc1cc(OC)cc(OC(C)CCCNC2CC2)c1. The molecule has 1 unspecified atom stereocenters. The molecule has 1 aromatic rings. The first kappa shape index (κ1) is 15.0. The van der Waals surface area contributed by atoms with Crippen molar-refractivity contribution >= 4 is 0 Å². The van der Waals surface area contributed by atoms with E-state index in [1.807, 2.05) is 18.2 Å². The second kappa shape index (κ2) is 7.39. The van der Waals surface area contributed by atoms with Crippen LogP contribution in [0.25, 0.3) is 0 Å². The number of ether oxygens (including phenoxy) is 3. The van der Waals surface area contributed by atoms with Gasteiger partial charge < -0.3 is 19.5 Å². The van der Waals surface area contributed by atoms with Gasteiger partial charge in [-0.3, -0.25) is 0 Å². The predicted octanol–water partition coefficient (Wildman–Crippen LogP) is 3.00. The van der Waals surface area contributed by atoms with Crippen LogP contribution in [0, 0.1) is 0 Å². The zero-order chi connectivity index (χ0) is 14.4. The zero-order valence-corrected chi connectivity index (χ0v) is 12.6. The molecule has 1 aliphatic rings. The standard InChI is InChI=1S/C16H25NO3/c1-12(5-4-8-17-13-6-7-13)20-16-10-14(18-2)9-15(11-16)19-3/h9-13,17H,4-8H2,1-3H3. The highest BCUT2D eigenvalue weighted by atomic mass is 16.5. The van der Waals surface area contributed by atoms with Crippen molar-refractivity contribution in [2.45, 2.75) is 44.8 Å². The Morgan fingerprint density at radius 3 is 2.25 bits per heavy atom. The Hall–Kier alpha value is -1.42. The average Bonchev–Trinajstić information content (AvgIpc) is 3.27. The molecular formula is C16H25NO3. The van der Waals surface area contributed by atoms with Crippen LogP contribution in [0.2, 0.25) is 0 Å². The van der Waals surface area contributed by atoms with E-state index < -0.39 is 0 Å². The van der Waals surface area contributed by atoms with E-state index in [0.29, 0.717) is 0 Å². The number of methoxy groups -OCH3 is 2. The first-order chi connectivity index (χ1) is 9.71. The molecule has 1 N–H and O–H groups in total. The van der Waals surface area contributed by atoms with Crippen LogP contribution in [-0.4, -0.2) is 32.9 Å². The van der Waals surface area contributed by atoms with Crippen LogP contribution in [-0.2, 0) is 0 Å². The van der Waals surface area contributed by atoms with Crippen molar-refractivity contribution in [2.75, 3.05) is 20.8 Å². The molecule has 0 bridgehead atoms. The van der Waals surface area contributed by atoms with Gasteiger partial charge in [0.25, 0.3) is 0 Å². The van der Waals surface area contributed by atoms with E-state index in [9.17, 15) is 0 Å². The molecule has 4 heteroatoms. The third kappa shape index (κ3) is 4.93. The molecule has 1 aromatic carbocycles. The highest BCUT2D eigenvalue weighted by Crippen LogP contribution is 2.28.